The van der Waals surface area contributed by atoms with Crippen molar-refractivity contribution in [3.63, 3.8) is 0 Å². The molecular weight excluding hydrogens is 252 g/mol. The van der Waals surface area contributed by atoms with Gasteiger partial charge in [-0.05, 0) is 30.1 Å². The van der Waals surface area contributed by atoms with Crippen molar-refractivity contribution in [3.05, 3.63) is 0 Å². The van der Waals surface area contributed by atoms with Gasteiger partial charge in [-0.15, -0.1) is 0 Å². The topological polar surface area (TPSA) is 50.4 Å². The molecule has 0 heterocycles. The zero-order valence-electron chi connectivity index (χ0n) is 13.8. The lowest BCUT2D eigenvalue weighted by molar-refractivity contribution is -0.121. The summed E-state index contributed by atoms with van der Waals surface area (Å²) in [6, 6.07) is 0.528. The Morgan fingerprint density at radius 2 is 1.75 bits per heavy atom. The first-order valence-corrected chi connectivity index (χ1v) is 7.73. The number of nitrogens with one attached hydrogen (secondary N) is 2. The zero-order chi connectivity index (χ0) is 15.2. The molecule has 118 valence electrons. The number of carbonyl (C=O) groups excluding carboxylic acids is 1. The van der Waals surface area contributed by atoms with Crippen molar-refractivity contribution >= 4 is 5.91 Å². The molecule has 0 spiro atoms. The fraction of sp³-hybridized carbons (Fsp3) is 0.938. The summed E-state index contributed by atoms with van der Waals surface area (Å²) in [6.07, 6.45) is 4.21. The number of carbonyl (C=O) groups is 1. The van der Waals surface area contributed by atoms with Gasteiger partial charge in [-0.1, -0.05) is 27.7 Å². The molecule has 4 nitrogen and oxygen atoms in total. The Labute approximate surface area is 124 Å². The maximum atomic E-state index is 11.6. The Balaban J connectivity index is 2.26. The van der Waals surface area contributed by atoms with E-state index in [4.69, 9.17) is 4.74 Å². The molecule has 0 saturated heterocycles. The van der Waals surface area contributed by atoms with Crippen LogP contribution in [0.5, 0.6) is 0 Å². The van der Waals surface area contributed by atoms with Crippen LogP contribution in [-0.4, -0.2) is 38.8 Å². The normalized spacial score (nSPS) is 21.6. The highest BCUT2D eigenvalue weighted by atomic mass is 16.5. The third-order valence-electron chi connectivity index (χ3n) is 3.97. The minimum absolute atomic E-state index is 0.101. The lowest BCUT2D eigenvalue weighted by Gasteiger charge is -2.45. The van der Waals surface area contributed by atoms with Crippen LogP contribution >= 0.6 is 0 Å². The highest BCUT2D eigenvalue weighted by molar-refractivity contribution is 5.76. The molecule has 0 bridgehead atoms. The van der Waals surface area contributed by atoms with E-state index in [0.29, 0.717) is 36.4 Å². The average Bonchev–Trinajstić information content (AvgIpc) is 2.25. The monoisotopic (exact) mass is 284 g/mol. The Morgan fingerprint density at radius 3 is 2.30 bits per heavy atom. The summed E-state index contributed by atoms with van der Waals surface area (Å²) >= 11 is 0. The molecule has 0 aromatic carbocycles. The molecule has 20 heavy (non-hydrogen) atoms. The van der Waals surface area contributed by atoms with Gasteiger partial charge in [0.25, 0.3) is 0 Å². The molecule has 0 aromatic heterocycles. The third-order valence-corrected chi connectivity index (χ3v) is 3.97. The molecule has 2 N–H and O–H groups in total. The SMILES string of the molecule is COCCNC(=O)CCNC1CC(C)(C)CC(C)(C)C1. The molecule has 1 saturated carbocycles. The fourth-order valence-corrected chi connectivity index (χ4v) is 3.76. The summed E-state index contributed by atoms with van der Waals surface area (Å²) in [5, 5.41) is 6.41. The van der Waals surface area contributed by atoms with Gasteiger partial charge < -0.3 is 15.4 Å². The molecule has 1 amide bonds. The fourth-order valence-electron chi connectivity index (χ4n) is 3.76. The van der Waals surface area contributed by atoms with Gasteiger partial charge in [0.2, 0.25) is 5.91 Å². The van der Waals surface area contributed by atoms with Crippen LogP contribution in [0.4, 0.5) is 0 Å². The van der Waals surface area contributed by atoms with Crippen LogP contribution in [0, 0.1) is 10.8 Å². The lowest BCUT2D eigenvalue weighted by Crippen LogP contribution is -2.44. The van der Waals surface area contributed by atoms with E-state index in [1.807, 2.05) is 0 Å². The van der Waals surface area contributed by atoms with E-state index in [2.05, 4.69) is 38.3 Å². The first-order chi connectivity index (χ1) is 9.24. The predicted molar refractivity (Wildman–Crippen MR) is 82.7 cm³/mol. The van der Waals surface area contributed by atoms with Crippen molar-refractivity contribution in [1.29, 1.82) is 0 Å². The molecule has 0 unspecified atom stereocenters. The third kappa shape index (κ3) is 6.71. The first kappa shape index (κ1) is 17.4. The summed E-state index contributed by atoms with van der Waals surface area (Å²) < 4.78 is 4.91. The van der Waals surface area contributed by atoms with Crippen LogP contribution in [0.1, 0.15) is 53.4 Å². The minimum Gasteiger partial charge on any atom is -0.383 e. The van der Waals surface area contributed by atoms with Crippen molar-refractivity contribution in [2.45, 2.75) is 59.4 Å². The smallest absolute Gasteiger partial charge is 0.221 e. The van der Waals surface area contributed by atoms with E-state index in [1.54, 1.807) is 7.11 Å². The largest absolute Gasteiger partial charge is 0.383 e. The molecule has 4 heteroatoms. The minimum atomic E-state index is 0.101. The summed E-state index contributed by atoms with van der Waals surface area (Å²) in [5.41, 5.74) is 0.778. The highest BCUT2D eigenvalue weighted by Crippen LogP contribution is 2.45. The second kappa shape index (κ2) is 7.41. The molecule has 0 aromatic rings. The molecule has 1 aliphatic rings. The van der Waals surface area contributed by atoms with Crippen LogP contribution in [0.2, 0.25) is 0 Å². The number of rotatable bonds is 7. The Hall–Kier alpha value is -0.610. The van der Waals surface area contributed by atoms with Gasteiger partial charge in [0.15, 0.2) is 0 Å². The summed E-state index contributed by atoms with van der Waals surface area (Å²) in [7, 11) is 1.64. The molecule has 0 aliphatic heterocycles. The van der Waals surface area contributed by atoms with Crippen LogP contribution in [-0.2, 0) is 9.53 Å². The van der Waals surface area contributed by atoms with Crippen LogP contribution in [0.25, 0.3) is 0 Å². The number of methoxy groups -OCH3 is 1. The number of hydrogen-bond donors (Lipinski definition) is 2. The van der Waals surface area contributed by atoms with E-state index in [1.165, 1.54) is 19.3 Å². The van der Waals surface area contributed by atoms with Crippen LogP contribution < -0.4 is 10.6 Å². The van der Waals surface area contributed by atoms with Gasteiger partial charge in [-0.2, -0.15) is 0 Å². The summed E-state index contributed by atoms with van der Waals surface area (Å²) in [5.74, 6) is 0.101. The van der Waals surface area contributed by atoms with E-state index in [-0.39, 0.29) is 5.91 Å². The molecule has 1 aliphatic carbocycles. The Morgan fingerprint density at radius 1 is 1.15 bits per heavy atom. The molecular formula is C16H32N2O2. The standard InChI is InChI=1S/C16H32N2O2/c1-15(2)10-13(11-16(3,4)12-15)17-7-6-14(19)18-8-9-20-5/h13,17H,6-12H2,1-5H3,(H,18,19). The molecule has 1 fully saturated rings. The molecule has 0 atom stereocenters. The second-order valence-corrected chi connectivity index (χ2v) is 7.66. The van der Waals surface area contributed by atoms with Crippen molar-refractivity contribution in [3.8, 4) is 0 Å². The lowest BCUT2D eigenvalue weighted by atomic mass is 9.63. The van der Waals surface area contributed by atoms with E-state index in [9.17, 15) is 4.79 Å². The molecule has 0 radical (unpaired) electrons. The van der Waals surface area contributed by atoms with Crippen LogP contribution in [0.15, 0.2) is 0 Å². The summed E-state index contributed by atoms with van der Waals surface area (Å²) in [6.45, 7) is 11.3. The van der Waals surface area contributed by atoms with Gasteiger partial charge in [-0.25, -0.2) is 0 Å². The number of amides is 1. The maximum absolute atomic E-state index is 11.6. The van der Waals surface area contributed by atoms with E-state index in [0.717, 1.165) is 6.54 Å². The van der Waals surface area contributed by atoms with Crippen molar-refractivity contribution < 1.29 is 9.53 Å². The predicted octanol–water partition coefficient (Wildman–Crippen LogP) is 2.33. The first-order valence-electron chi connectivity index (χ1n) is 7.73. The Kier molecular flexibility index (Phi) is 6.46. The highest BCUT2D eigenvalue weighted by Gasteiger charge is 2.37. The summed E-state index contributed by atoms with van der Waals surface area (Å²) in [4.78, 5) is 11.6. The van der Waals surface area contributed by atoms with Crippen molar-refractivity contribution in [1.82, 2.24) is 10.6 Å². The van der Waals surface area contributed by atoms with Gasteiger partial charge in [-0.3, -0.25) is 4.79 Å². The van der Waals surface area contributed by atoms with E-state index < -0.39 is 0 Å². The quantitative estimate of drug-likeness (QED) is 0.706. The number of hydrogen-bond acceptors (Lipinski definition) is 3. The van der Waals surface area contributed by atoms with E-state index >= 15 is 0 Å². The average molecular weight is 284 g/mol. The maximum Gasteiger partial charge on any atom is 0.221 e. The molecule has 1 rings (SSSR count). The van der Waals surface area contributed by atoms with Gasteiger partial charge in [0.1, 0.15) is 0 Å². The van der Waals surface area contributed by atoms with Gasteiger partial charge >= 0.3 is 0 Å². The van der Waals surface area contributed by atoms with Gasteiger partial charge in [0.05, 0.1) is 6.61 Å². The Bertz CT molecular complexity index is 298. The van der Waals surface area contributed by atoms with Gasteiger partial charge in [0, 0.05) is 32.7 Å². The zero-order valence-corrected chi connectivity index (χ0v) is 13.8. The second-order valence-electron chi connectivity index (χ2n) is 7.66. The number of ether oxygens (including phenoxy) is 1. The van der Waals surface area contributed by atoms with Crippen molar-refractivity contribution in [2.24, 2.45) is 10.8 Å². The van der Waals surface area contributed by atoms with Crippen LogP contribution in [0.3, 0.4) is 0 Å². The van der Waals surface area contributed by atoms with Crippen molar-refractivity contribution in [2.75, 3.05) is 26.8 Å².